The number of benzene rings is 2. The second-order valence-corrected chi connectivity index (χ2v) is 4.88. The van der Waals surface area contributed by atoms with Crippen LogP contribution < -0.4 is 5.56 Å². The molecule has 21 heavy (non-hydrogen) atoms. The Bertz CT molecular complexity index is 916. The number of aryl methyl sites for hydroxylation is 2. The standard InChI is InChI=1S/C16H13FN2O2/c1-9-15(20)14(16(21)19(2)18-9)12-7-8-13(17)11-6-4-3-5-10(11)12/h3-8,20H,1-2H3. The van der Waals surface area contributed by atoms with Crippen LogP contribution in [0.15, 0.2) is 41.2 Å². The molecule has 1 N–H and O–H groups in total. The van der Waals surface area contributed by atoms with E-state index >= 15 is 0 Å². The van der Waals surface area contributed by atoms with E-state index in [4.69, 9.17) is 0 Å². The SMILES string of the molecule is Cc1nn(C)c(=O)c(-c2ccc(F)c3ccccc23)c1O. The van der Waals surface area contributed by atoms with Crippen molar-refractivity contribution in [1.29, 1.82) is 0 Å². The highest BCUT2D eigenvalue weighted by molar-refractivity contribution is 5.98. The maximum absolute atomic E-state index is 13.9. The van der Waals surface area contributed by atoms with Crippen LogP contribution in [0.2, 0.25) is 0 Å². The molecular weight excluding hydrogens is 271 g/mol. The second-order valence-electron chi connectivity index (χ2n) is 4.88. The lowest BCUT2D eigenvalue weighted by Gasteiger charge is -2.11. The van der Waals surface area contributed by atoms with Crippen molar-refractivity contribution in [2.45, 2.75) is 6.92 Å². The molecule has 1 heterocycles. The van der Waals surface area contributed by atoms with Gasteiger partial charge in [-0.1, -0.05) is 30.3 Å². The lowest BCUT2D eigenvalue weighted by Crippen LogP contribution is -2.22. The summed E-state index contributed by atoms with van der Waals surface area (Å²) in [6, 6.07) is 9.66. The van der Waals surface area contributed by atoms with Crippen LogP contribution in [0.3, 0.4) is 0 Å². The summed E-state index contributed by atoms with van der Waals surface area (Å²) in [6.45, 7) is 1.62. The van der Waals surface area contributed by atoms with Crippen LogP contribution in [0.5, 0.6) is 5.75 Å². The molecule has 0 amide bonds. The van der Waals surface area contributed by atoms with Gasteiger partial charge in [0.05, 0.1) is 5.56 Å². The van der Waals surface area contributed by atoms with Gasteiger partial charge in [-0.25, -0.2) is 9.07 Å². The zero-order valence-electron chi connectivity index (χ0n) is 11.6. The first-order chi connectivity index (χ1) is 10.0. The first-order valence-electron chi connectivity index (χ1n) is 6.45. The van der Waals surface area contributed by atoms with Gasteiger partial charge >= 0.3 is 0 Å². The normalized spacial score (nSPS) is 11.0. The zero-order chi connectivity index (χ0) is 15.1. The van der Waals surface area contributed by atoms with Gasteiger partial charge in [0.1, 0.15) is 11.5 Å². The Morgan fingerprint density at radius 2 is 1.81 bits per heavy atom. The molecule has 0 aliphatic rings. The summed E-state index contributed by atoms with van der Waals surface area (Å²) < 4.78 is 15.1. The molecule has 0 saturated carbocycles. The molecule has 0 saturated heterocycles. The van der Waals surface area contributed by atoms with Gasteiger partial charge in [0, 0.05) is 12.4 Å². The minimum Gasteiger partial charge on any atom is -0.505 e. The number of hydrogen-bond acceptors (Lipinski definition) is 3. The largest absolute Gasteiger partial charge is 0.505 e. The fourth-order valence-electron chi connectivity index (χ4n) is 2.48. The average Bonchev–Trinajstić information content (AvgIpc) is 2.48. The Morgan fingerprint density at radius 1 is 1.14 bits per heavy atom. The van der Waals surface area contributed by atoms with Gasteiger partial charge in [0.25, 0.3) is 5.56 Å². The molecule has 0 aliphatic heterocycles. The molecule has 0 aliphatic carbocycles. The van der Waals surface area contributed by atoms with E-state index in [-0.39, 0.29) is 17.1 Å². The number of fused-ring (bicyclic) bond motifs is 1. The van der Waals surface area contributed by atoms with Crippen LogP contribution in [0.1, 0.15) is 5.69 Å². The van der Waals surface area contributed by atoms with Crippen LogP contribution in [0.25, 0.3) is 21.9 Å². The molecule has 3 aromatic rings. The Kier molecular flexibility index (Phi) is 2.97. The molecule has 0 radical (unpaired) electrons. The third-order valence-corrected chi connectivity index (χ3v) is 3.53. The molecule has 5 heteroatoms. The van der Waals surface area contributed by atoms with Gasteiger partial charge < -0.3 is 5.11 Å². The quantitative estimate of drug-likeness (QED) is 0.747. The van der Waals surface area contributed by atoms with Crippen molar-refractivity contribution >= 4 is 10.8 Å². The van der Waals surface area contributed by atoms with Crippen molar-refractivity contribution < 1.29 is 9.50 Å². The van der Waals surface area contributed by atoms with Crippen molar-refractivity contribution in [3.63, 3.8) is 0 Å². The zero-order valence-corrected chi connectivity index (χ0v) is 11.6. The molecule has 106 valence electrons. The number of hydrogen-bond donors (Lipinski definition) is 1. The number of rotatable bonds is 1. The van der Waals surface area contributed by atoms with Crippen molar-refractivity contribution in [3.05, 3.63) is 58.3 Å². The molecule has 0 spiro atoms. The van der Waals surface area contributed by atoms with Crippen molar-refractivity contribution in [3.8, 4) is 16.9 Å². The van der Waals surface area contributed by atoms with Crippen LogP contribution in [-0.4, -0.2) is 14.9 Å². The van der Waals surface area contributed by atoms with E-state index in [1.165, 1.54) is 23.9 Å². The van der Waals surface area contributed by atoms with Crippen molar-refractivity contribution in [2.75, 3.05) is 0 Å². The Morgan fingerprint density at radius 3 is 2.52 bits per heavy atom. The number of aromatic hydroxyl groups is 1. The number of halogens is 1. The smallest absolute Gasteiger partial charge is 0.278 e. The number of nitrogens with zero attached hydrogens (tertiary/aromatic N) is 2. The lowest BCUT2D eigenvalue weighted by molar-refractivity contribution is 0.460. The molecule has 2 aromatic carbocycles. The highest BCUT2D eigenvalue weighted by Crippen LogP contribution is 2.33. The molecule has 4 nitrogen and oxygen atoms in total. The van der Waals surface area contributed by atoms with Gasteiger partial charge in [-0.15, -0.1) is 0 Å². The third kappa shape index (κ3) is 1.98. The van der Waals surface area contributed by atoms with Crippen molar-refractivity contribution in [1.82, 2.24) is 9.78 Å². The summed E-state index contributed by atoms with van der Waals surface area (Å²) >= 11 is 0. The van der Waals surface area contributed by atoms with E-state index in [9.17, 15) is 14.3 Å². The summed E-state index contributed by atoms with van der Waals surface area (Å²) in [5.74, 6) is -0.536. The average molecular weight is 284 g/mol. The fourth-order valence-corrected chi connectivity index (χ4v) is 2.48. The van der Waals surface area contributed by atoms with Gasteiger partial charge in [-0.3, -0.25) is 4.79 Å². The summed E-state index contributed by atoms with van der Waals surface area (Å²) in [6.07, 6.45) is 0. The lowest BCUT2D eigenvalue weighted by atomic mass is 9.98. The Balaban J connectivity index is 2.48. The highest BCUT2D eigenvalue weighted by Gasteiger charge is 2.18. The molecule has 3 rings (SSSR count). The number of aromatic nitrogens is 2. The molecular formula is C16H13FN2O2. The predicted molar refractivity (Wildman–Crippen MR) is 78.8 cm³/mol. The van der Waals surface area contributed by atoms with Gasteiger partial charge in [0.2, 0.25) is 0 Å². The minimum atomic E-state index is -0.421. The van der Waals surface area contributed by atoms with E-state index in [0.717, 1.165) is 0 Å². The van der Waals surface area contributed by atoms with Gasteiger partial charge in [-0.05, 0) is 23.9 Å². The topological polar surface area (TPSA) is 55.1 Å². The predicted octanol–water partition coefficient (Wildman–Crippen LogP) is 2.75. The maximum atomic E-state index is 13.9. The van der Waals surface area contributed by atoms with Gasteiger partial charge in [0.15, 0.2) is 5.75 Å². The molecule has 1 aromatic heterocycles. The highest BCUT2D eigenvalue weighted by atomic mass is 19.1. The fraction of sp³-hybridized carbons (Fsp3) is 0.125. The van der Waals surface area contributed by atoms with E-state index < -0.39 is 5.56 Å². The van der Waals surface area contributed by atoms with E-state index in [1.807, 2.05) is 0 Å². The summed E-state index contributed by atoms with van der Waals surface area (Å²) in [4.78, 5) is 12.3. The van der Waals surface area contributed by atoms with Crippen LogP contribution in [0.4, 0.5) is 4.39 Å². The first-order valence-corrected chi connectivity index (χ1v) is 6.45. The summed E-state index contributed by atoms with van der Waals surface area (Å²) in [7, 11) is 1.52. The van der Waals surface area contributed by atoms with E-state index in [0.29, 0.717) is 22.0 Å². The molecule has 0 fully saturated rings. The third-order valence-electron chi connectivity index (χ3n) is 3.53. The molecule has 0 bridgehead atoms. The molecule has 0 unspecified atom stereocenters. The Labute approximate surface area is 120 Å². The first kappa shape index (κ1) is 13.3. The second kappa shape index (κ2) is 4.70. The molecule has 0 atom stereocenters. The van der Waals surface area contributed by atoms with E-state index in [1.54, 1.807) is 31.2 Å². The summed E-state index contributed by atoms with van der Waals surface area (Å²) in [5, 5.41) is 15.1. The van der Waals surface area contributed by atoms with E-state index in [2.05, 4.69) is 5.10 Å². The minimum absolute atomic E-state index is 0.140. The maximum Gasteiger partial charge on any atom is 0.278 e. The Hall–Kier alpha value is -2.69. The van der Waals surface area contributed by atoms with Crippen LogP contribution in [-0.2, 0) is 7.05 Å². The monoisotopic (exact) mass is 284 g/mol. The van der Waals surface area contributed by atoms with Crippen LogP contribution >= 0.6 is 0 Å². The van der Waals surface area contributed by atoms with Crippen molar-refractivity contribution in [2.24, 2.45) is 7.05 Å². The van der Waals surface area contributed by atoms with Gasteiger partial charge in [-0.2, -0.15) is 5.10 Å². The summed E-state index contributed by atoms with van der Waals surface area (Å²) in [5.41, 5.74) is 0.562. The van der Waals surface area contributed by atoms with Crippen LogP contribution in [0, 0.1) is 12.7 Å².